The maximum atomic E-state index is 11.4. The predicted octanol–water partition coefficient (Wildman–Crippen LogP) is 0.431. The second-order valence-corrected chi connectivity index (χ2v) is 3.79. The minimum Gasteiger partial charge on any atom is -0.469 e. The molecule has 1 aliphatic carbocycles. The maximum absolute atomic E-state index is 11.4. The van der Waals surface area contributed by atoms with Gasteiger partial charge < -0.3 is 14.2 Å². The van der Waals surface area contributed by atoms with Gasteiger partial charge in [-0.2, -0.15) is 0 Å². The molecule has 0 aliphatic heterocycles. The van der Waals surface area contributed by atoms with E-state index >= 15 is 0 Å². The van der Waals surface area contributed by atoms with Crippen LogP contribution in [0.15, 0.2) is 0 Å². The second-order valence-electron chi connectivity index (χ2n) is 3.79. The van der Waals surface area contributed by atoms with Gasteiger partial charge in [0.1, 0.15) is 0 Å². The molecule has 0 amide bonds. The van der Waals surface area contributed by atoms with Crippen LogP contribution in [0.1, 0.15) is 12.8 Å². The Hall–Kier alpha value is -1.59. The van der Waals surface area contributed by atoms with E-state index in [1.165, 1.54) is 34.2 Å². The summed E-state index contributed by atoms with van der Waals surface area (Å²) in [5, 5.41) is 0. The van der Waals surface area contributed by atoms with E-state index in [9.17, 15) is 14.4 Å². The van der Waals surface area contributed by atoms with Gasteiger partial charge in [0.25, 0.3) is 0 Å². The van der Waals surface area contributed by atoms with Crippen molar-refractivity contribution >= 4 is 17.9 Å². The molecule has 0 aromatic carbocycles. The summed E-state index contributed by atoms with van der Waals surface area (Å²) in [6.07, 6.45) is 3.00. The van der Waals surface area contributed by atoms with Crippen molar-refractivity contribution in [3.05, 3.63) is 30.6 Å². The maximum Gasteiger partial charge on any atom is 0.313 e. The average molecular weight is 267 g/mol. The quantitative estimate of drug-likeness (QED) is 0.531. The number of rotatable bonds is 5. The molecule has 5 radical (unpaired) electrons. The molecule has 0 unspecified atom stereocenters. The van der Waals surface area contributed by atoms with Crippen molar-refractivity contribution in [2.24, 2.45) is 0 Å². The summed E-state index contributed by atoms with van der Waals surface area (Å²) in [4.78, 5) is 34.0. The number of hydrogen-bond acceptors (Lipinski definition) is 6. The lowest BCUT2D eigenvalue weighted by molar-refractivity contribution is -0.141. The molecule has 103 valence electrons. The van der Waals surface area contributed by atoms with Gasteiger partial charge in [0.05, 0.1) is 40.1 Å². The fourth-order valence-corrected chi connectivity index (χ4v) is 1.62. The summed E-state index contributed by atoms with van der Waals surface area (Å²) >= 11 is 0. The molecular weight excluding hydrogens is 252 g/mol. The molecule has 0 atom stereocenters. The normalized spacial score (nSPS) is 17.2. The highest BCUT2D eigenvalue weighted by Crippen LogP contribution is 2.44. The average Bonchev–Trinajstić information content (AvgIpc) is 2.80. The number of esters is 3. The first-order valence-electron chi connectivity index (χ1n) is 5.52. The van der Waals surface area contributed by atoms with E-state index in [0.29, 0.717) is 17.8 Å². The molecule has 19 heavy (non-hydrogen) atoms. The Labute approximate surface area is 112 Å². The molecule has 0 spiro atoms. The highest BCUT2D eigenvalue weighted by atomic mass is 16.5. The minimum absolute atomic E-state index is 0.0141. The van der Waals surface area contributed by atoms with E-state index in [1.807, 2.05) is 0 Å². The molecule has 1 saturated carbocycles. The number of methoxy groups -OCH3 is 3. The molecule has 1 aliphatic rings. The minimum atomic E-state index is -0.526. The Kier molecular flexibility index (Phi) is 5.79. The van der Waals surface area contributed by atoms with E-state index in [0.717, 1.165) is 0 Å². The molecule has 1 fully saturated rings. The number of carbonyl (C=O) groups is 3. The number of ether oxygens (including phenoxy) is 3. The summed E-state index contributed by atoms with van der Waals surface area (Å²) in [5.41, 5.74) is 0. The monoisotopic (exact) mass is 267 g/mol. The van der Waals surface area contributed by atoms with Gasteiger partial charge in [-0.1, -0.05) is 0 Å². The largest absolute Gasteiger partial charge is 0.469 e. The fourth-order valence-electron chi connectivity index (χ4n) is 1.62. The van der Waals surface area contributed by atoms with E-state index in [2.05, 4.69) is 14.2 Å². The van der Waals surface area contributed by atoms with Gasteiger partial charge in [-0.05, 0) is 24.7 Å². The van der Waals surface area contributed by atoms with Gasteiger partial charge in [-0.3, -0.25) is 14.4 Å². The SMILES string of the molecule is COC(=O)C[C]1[CH][C](C(=O)OC)[CH][C]1CC(=O)OC. The van der Waals surface area contributed by atoms with Gasteiger partial charge in [-0.25, -0.2) is 0 Å². The summed E-state index contributed by atoms with van der Waals surface area (Å²) in [5.74, 6) is -0.0286. The molecule has 0 N–H and O–H groups in total. The van der Waals surface area contributed by atoms with Crippen molar-refractivity contribution in [3.63, 3.8) is 0 Å². The number of hydrogen-bond donors (Lipinski definition) is 0. The van der Waals surface area contributed by atoms with Crippen molar-refractivity contribution in [2.45, 2.75) is 12.8 Å². The second kappa shape index (κ2) is 7.11. The molecule has 0 bridgehead atoms. The van der Waals surface area contributed by atoms with Crippen molar-refractivity contribution < 1.29 is 28.6 Å². The third kappa shape index (κ3) is 4.22. The van der Waals surface area contributed by atoms with Crippen LogP contribution in [-0.4, -0.2) is 39.2 Å². The van der Waals surface area contributed by atoms with E-state index in [-0.39, 0.29) is 12.8 Å². The molecule has 0 aromatic heterocycles. The van der Waals surface area contributed by atoms with Crippen molar-refractivity contribution in [1.29, 1.82) is 0 Å². The van der Waals surface area contributed by atoms with Crippen LogP contribution < -0.4 is 0 Å². The lowest BCUT2D eigenvalue weighted by atomic mass is 9.90. The van der Waals surface area contributed by atoms with Crippen LogP contribution in [0.25, 0.3) is 0 Å². The zero-order chi connectivity index (χ0) is 14.4. The van der Waals surface area contributed by atoms with E-state index in [4.69, 9.17) is 0 Å². The van der Waals surface area contributed by atoms with Crippen LogP contribution in [0.4, 0.5) is 0 Å². The van der Waals surface area contributed by atoms with Crippen molar-refractivity contribution in [2.75, 3.05) is 21.3 Å². The third-order valence-electron chi connectivity index (χ3n) is 2.62. The topological polar surface area (TPSA) is 78.9 Å². The number of carbonyl (C=O) groups excluding carboxylic acids is 3. The molecule has 0 saturated heterocycles. The summed E-state index contributed by atoms with van der Waals surface area (Å²) < 4.78 is 13.7. The Morgan fingerprint density at radius 2 is 1.26 bits per heavy atom. The van der Waals surface area contributed by atoms with Crippen LogP contribution in [0.5, 0.6) is 0 Å². The van der Waals surface area contributed by atoms with Crippen molar-refractivity contribution in [3.8, 4) is 0 Å². The van der Waals surface area contributed by atoms with Crippen LogP contribution >= 0.6 is 0 Å². The fraction of sp³-hybridized carbons (Fsp3) is 0.385. The Bertz CT molecular complexity index is 325. The highest BCUT2D eigenvalue weighted by Gasteiger charge is 2.42. The van der Waals surface area contributed by atoms with E-state index < -0.39 is 17.9 Å². The lowest BCUT2D eigenvalue weighted by Crippen LogP contribution is -2.15. The van der Waals surface area contributed by atoms with Gasteiger partial charge in [0.15, 0.2) is 0 Å². The summed E-state index contributed by atoms with van der Waals surface area (Å²) in [7, 11) is 3.80. The molecule has 0 aromatic rings. The van der Waals surface area contributed by atoms with Crippen LogP contribution in [-0.2, 0) is 28.6 Å². The third-order valence-corrected chi connectivity index (χ3v) is 2.62. The Morgan fingerprint density at radius 1 is 0.842 bits per heavy atom. The molecule has 1 rings (SSSR count). The predicted molar refractivity (Wildman–Crippen MR) is 63.6 cm³/mol. The van der Waals surface area contributed by atoms with Gasteiger partial charge >= 0.3 is 17.9 Å². The first kappa shape index (κ1) is 15.5. The first-order chi connectivity index (χ1) is 9.01. The van der Waals surface area contributed by atoms with E-state index in [1.54, 1.807) is 0 Å². The summed E-state index contributed by atoms with van der Waals surface area (Å²) in [6.45, 7) is 0. The summed E-state index contributed by atoms with van der Waals surface area (Å²) in [6, 6.07) is 0. The van der Waals surface area contributed by atoms with Gasteiger partial charge in [0, 0.05) is 0 Å². The van der Waals surface area contributed by atoms with Gasteiger partial charge in [0.2, 0.25) is 0 Å². The molecule has 6 heteroatoms. The smallest absolute Gasteiger partial charge is 0.313 e. The zero-order valence-electron chi connectivity index (χ0n) is 11.0. The zero-order valence-corrected chi connectivity index (χ0v) is 11.0. The van der Waals surface area contributed by atoms with Crippen LogP contribution in [0, 0.1) is 30.6 Å². The highest BCUT2D eigenvalue weighted by molar-refractivity contribution is 5.94. The first-order valence-corrected chi connectivity index (χ1v) is 5.52. The van der Waals surface area contributed by atoms with Gasteiger partial charge in [-0.15, -0.1) is 0 Å². The molecule has 0 heterocycles. The Morgan fingerprint density at radius 3 is 1.58 bits per heavy atom. The lowest BCUT2D eigenvalue weighted by Gasteiger charge is -2.15. The van der Waals surface area contributed by atoms with Crippen molar-refractivity contribution in [1.82, 2.24) is 0 Å². The standard InChI is InChI=1S/C13H15O6/c1-17-11(14)6-8-4-10(13(16)19-3)5-9(8)7-12(15)18-2/h4-5H,6-7H2,1-3H3. The van der Waals surface area contributed by atoms with Crippen LogP contribution in [0.2, 0.25) is 0 Å². The molecule has 6 nitrogen and oxygen atoms in total. The Balaban J connectivity index is 2.69. The molecular formula is C13H15O6. The van der Waals surface area contributed by atoms with Crippen LogP contribution in [0.3, 0.4) is 0 Å².